The molecule has 2 aromatic carbocycles. The highest BCUT2D eigenvalue weighted by atomic mass is 35.5. The number of hydrogen-bond acceptors (Lipinski definition) is 2. The van der Waals surface area contributed by atoms with Crippen LogP contribution in [0.25, 0.3) is 0 Å². The second-order valence-electron chi connectivity index (χ2n) is 6.72. The van der Waals surface area contributed by atoms with Gasteiger partial charge >= 0.3 is 0 Å². The van der Waals surface area contributed by atoms with Crippen molar-refractivity contribution in [1.29, 1.82) is 0 Å². The van der Waals surface area contributed by atoms with Crippen LogP contribution >= 0.6 is 24.0 Å². The van der Waals surface area contributed by atoms with Crippen molar-refractivity contribution in [3.05, 3.63) is 64.7 Å². The molecule has 4 heteroatoms. The molecule has 0 aliphatic carbocycles. The molecule has 1 saturated heterocycles. The highest BCUT2D eigenvalue weighted by molar-refractivity contribution is 6.32. The highest BCUT2D eigenvalue weighted by Gasteiger charge is 2.24. The molecule has 0 bridgehead atoms. The van der Waals surface area contributed by atoms with Crippen molar-refractivity contribution in [3.8, 4) is 5.75 Å². The van der Waals surface area contributed by atoms with E-state index in [9.17, 15) is 0 Å². The Balaban J connectivity index is 0.00000208. The van der Waals surface area contributed by atoms with Gasteiger partial charge in [-0.25, -0.2) is 0 Å². The average Bonchev–Trinajstić information content (AvgIpc) is 2.58. The summed E-state index contributed by atoms with van der Waals surface area (Å²) in [7, 11) is 0. The van der Waals surface area contributed by atoms with Crippen LogP contribution in [0.3, 0.4) is 0 Å². The van der Waals surface area contributed by atoms with E-state index in [1.54, 1.807) is 0 Å². The lowest BCUT2D eigenvalue weighted by molar-refractivity contribution is 0.167. The number of nitrogens with one attached hydrogen (secondary N) is 1. The Morgan fingerprint density at radius 2 is 1.83 bits per heavy atom. The summed E-state index contributed by atoms with van der Waals surface area (Å²) in [5.41, 5.74) is 2.39. The van der Waals surface area contributed by atoms with E-state index in [1.165, 1.54) is 11.1 Å². The maximum atomic E-state index is 6.50. The van der Waals surface area contributed by atoms with Gasteiger partial charge in [-0.2, -0.15) is 0 Å². The number of rotatable bonds is 4. The summed E-state index contributed by atoms with van der Waals surface area (Å²) in [5, 5.41) is 4.06. The molecule has 3 rings (SSSR count). The standard InChI is InChI=1S/C20H24ClNO.ClH/c1-20(2,15-7-4-3-5-8-15)16-10-11-19(18(21)13-16)23-17-9-6-12-22-14-17;/h3-5,7-8,10-11,13,17,22H,6,9,12,14H2,1-2H3;1H. The number of hydrogen-bond donors (Lipinski definition) is 1. The van der Waals surface area contributed by atoms with Crippen molar-refractivity contribution < 1.29 is 4.74 Å². The molecule has 2 aromatic rings. The van der Waals surface area contributed by atoms with Gasteiger partial charge in [-0.3, -0.25) is 0 Å². The summed E-state index contributed by atoms with van der Waals surface area (Å²) in [6, 6.07) is 16.7. The fraction of sp³-hybridized carbons (Fsp3) is 0.400. The second kappa shape index (κ2) is 8.24. The van der Waals surface area contributed by atoms with Gasteiger partial charge in [0, 0.05) is 12.0 Å². The Kier molecular flexibility index (Phi) is 6.56. The molecule has 0 spiro atoms. The molecule has 1 N–H and O–H groups in total. The molecule has 0 amide bonds. The minimum Gasteiger partial charge on any atom is -0.488 e. The van der Waals surface area contributed by atoms with Crippen LogP contribution in [0.4, 0.5) is 0 Å². The lowest BCUT2D eigenvalue weighted by atomic mass is 9.78. The Bertz CT molecular complexity index is 652. The molecule has 1 unspecified atom stereocenters. The van der Waals surface area contributed by atoms with Gasteiger partial charge in [0.1, 0.15) is 11.9 Å². The number of ether oxygens (including phenoxy) is 1. The first-order chi connectivity index (χ1) is 11.1. The van der Waals surface area contributed by atoms with Crippen molar-refractivity contribution >= 4 is 24.0 Å². The van der Waals surface area contributed by atoms with Gasteiger partial charge in [-0.05, 0) is 42.6 Å². The van der Waals surface area contributed by atoms with Crippen molar-refractivity contribution in [2.45, 2.75) is 38.2 Å². The van der Waals surface area contributed by atoms with E-state index < -0.39 is 0 Å². The van der Waals surface area contributed by atoms with E-state index in [0.717, 1.165) is 31.7 Å². The molecule has 0 aromatic heterocycles. The maximum absolute atomic E-state index is 6.50. The molecule has 130 valence electrons. The monoisotopic (exact) mass is 365 g/mol. The summed E-state index contributed by atoms with van der Waals surface area (Å²) in [6.45, 7) is 6.42. The van der Waals surface area contributed by atoms with E-state index in [4.69, 9.17) is 16.3 Å². The zero-order valence-electron chi connectivity index (χ0n) is 14.2. The van der Waals surface area contributed by atoms with Gasteiger partial charge in [-0.15, -0.1) is 12.4 Å². The normalized spacial score (nSPS) is 17.9. The third-order valence-electron chi connectivity index (χ3n) is 4.69. The van der Waals surface area contributed by atoms with Crippen molar-refractivity contribution in [2.24, 2.45) is 0 Å². The fourth-order valence-electron chi connectivity index (χ4n) is 3.11. The summed E-state index contributed by atoms with van der Waals surface area (Å²) in [5.74, 6) is 0.785. The van der Waals surface area contributed by atoms with Crippen LogP contribution in [0.1, 0.15) is 37.8 Å². The number of halogens is 2. The second-order valence-corrected chi connectivity index (χ2v) is 7.13. The molecule has 0 saturated carbocycles. The summed E-state index contributed by atoms with van der Waals surface area (Å²) >= 11 is 6.50. The quantitative estimate of drug-likeness (QED) is 0.801. The van der Waals surface area contributed by atoms with Gasteiger partial charge in [0.2, 0.25) is 0 Å². The molecule has 1 aliphatic heterocycles. The van der Waals surface area contributed by atoms with E-state index in [-0.39, 0.29) is 23.9 Å². The van der Waals surface area contributed by atoms with Crippen LogP contribution in [0, 0.1) is 0 Å². The Labute approximate surface area is 156 Å². The van der Waals surface area contributed by atoms with E-state index in [1.807, 2.05) is 18.2 Å². The molecule has 24 heavy (non-hydrogen) atoms. The number of piperidine rings is 1. The SMILES string of the molecule is CC(C)(c1ccccc1)c1ccc(OC2CCCNC2)c(Cl)c1.Cl. The van der Waals surface area contributed by atoms with Crippen LogP contribution in [0.15, 0.2) is 48.5 Å². The first kappa shape index (κ1) is 19.1. The average molecular weight is 366 g/mol. The lowest BCUT2D eigenvalue weighted by Crippen LogP contribution is -2.37. The van der Waals surface area contributed by atoms with E-state index in [0.29, 0.717) is 5.02 Å². The first-order valence-electron chi connectivity index (χ1n) is 8.30. The topological polar surface area (TPSA) is 21.3 Å². The van der Waals surface area contributed by atoms with Crippen molar-refractivity contribution in [2.75, 3.05) is 13.1 Å². The molecular weight excluding hydrogens is 341 g/mol. The zero-order chi connectivity index (χ0) is 16.3. The largest absolute Gasteiger partial charge is 0.488 e. The molecule has 1 heterocycles. The van der Waals surface area contributed by atoms with Gasteiger partial charge < -0.3 is 10.1 Å². The minimum absolute atomic E-state index is 0. The third kappa shape index (κ3) is 4.24. The molecular formula is C20H25Cl2NO. The summed E-state index contributed by atoms with van der Waals surface area (Å²) < 4.78 is 6.07. The van der Waals surface area contributed by atoms with Crippen LogP contribution in [-0.4, -0.2) is 19.2 Å². The van der Waals surface area contributed by atoms with Crippen molar-refractivity contribution in [1.82, 2.24) is 5.32 Å². The Hall–Kier alpha value is -1.22. The molecule has 1 atom stereocenters. The Morgan fingerprint density at radius 3 is 2.46 bits per heavy atom. The van der Waals surface area contributed by atoms with Crippen LogP contribution in [-0.2, 0) is 5.41 Å². The molecule has 2 nitrogen and oxygen atoms in total. The predicted molar refractivity (Wildman–Crippen MR) is 104 cm³/mol. The van der Waals surface area contributed by atoms with E-state index >= 15 is 0 Å². The van der Waals surface area contributed by atoms with Gasteiger partial charge in [0.05, 0.1) is 5.02 Å². The highest BCUT2D eigenvalue weighted by Crippen LogP contribution is 2.36. The molecule has 0 radical (unpaired) electrons. The molecule has 1 fully saturated rings. The van der Waals surface area contributed by atoms with Crippen molar-refractivity contribution in [3.63, 3.8) is 0 Å². The van der Waals surface area contributed by atoms with Crippen LogP contribution in [0.5, 0.6) is 5.75 Å². The third-order valence-corrected chi connectivity index (χ3v) is 4.99. The van der Waals surface area contributed by atoms with Crippen LogP contribution < -0.4 is 10.1 Å². The first-order valence-corrected chi connectivity index (χ1v) is 8.68. The zero-order valence-corrected chi connectivity index (χ0v) is 15.8. The Morgan fingerprint density at radius 1 is 1.08 bits per heavy atom. The predicted octanol–water partition coefficient (Wildman–Crippen LogP) is 5.22. The van der Waals surface area contributed by atoms with Crippen LogP contribution in [0.2, 0.25) is 5.02 Å². The van der Waals surface area contributed by atoms with Gasteiger partial charge in [0.15, 0.2) is 0 Å². The minimum atomic E-state index is -0.0875. The van der Waals surface area contributed by atoms with Gasteiger partial charge in [-0.1, -0.05) is 61.8 Å². The summed E-state index contributed by atoms with van der Waals surface area (Å²) in [4.78, 5) is 0. The summed E-state index contributed by atoms with van der Waals surface area (Å²) in [6.07, 6.45) is 2.45. The van der Waals surface area contributed by atoms with Gasteiger partial charge in [0.25, 0.3) is 0 Å². The molecule has 1 aliphatic rings. The fourth-order valence-corrected chi connectivity index (χ4v) is 3.33. The maximum Gasteiger partial charge on any atom is 0.138 e. The smallest absolute Gasteiger partial charge is 0.138 e. The lowest BCUT2D eigenvalue weighted by Gasteiger charge is -2.28. The number of benzene rings is 2. The van der Waals surface area contributed by atoms with E-state index in [2.05, 4.69) is 49.5 Å².